The number of carboxylic acids is 1. The van der Waals surface area contributed by atoms with Crippen LogP contribution < -0.4 is 5.32 Å². The van der Waals surface area contributed by atoms with Crippen LogP contribution in [0.15, 0.2) is 72.8 Å². The van der Waals surface area contributed by atoms with Gasteiger partial charge < -0.3 is 14.7 Å². The van der Waals surface area contributed by atoms with E-state index >= 15 is 0 Å². The fourth-order valence-electron chi connectivity index (χ4n) is 4.45. The summed E-state index contributed by atoms with van der Waals surface area (Å²) in [5.41, 5.74) is 5.42. The monoisotopic (exact) mass is 472 g/mol. The van der Waals surface area contributed by atoms with E-state index in [1.165, 1.54) is 4.90 Å². The van der Waals surface area contributed by atoms with Crippen LogP contribution in [0.4, 0.5) is 10.5 Å². The maximum atomic E-state index is 12.8. The zero-order valence-corrected chi connectivity index (χ0v) is 19.7. The molecule has 0 aliphatic heterocycles. The molecule has 0 heterocycles. The van der Waals surface area contributed by atoms with Crippen LogP contribution in [-0.2, 0) is 9.53 Å². The van der Waals surface area contributed by atoms with Crippen LogP contribution in [-0.4, -0.2) is 47.7 Å². The number of fused-ring (bicyclic) bond motifs is 3. The highest BCUT2D eigenvalue weighted by molar-refractivity contribution is 5.96. The first-order valence-electron chi connectivity index (χ1n) is 11.6. The highest BCUT2D eigenvalue weighted by atomic mass is 16.5. The molecule has 0 radical (unpaired) electrons. The smallest absolute Gasteiger partial charge is 0.411 e. The molecule has 35 heavy (non-hydrogen) atoms. The minimum atomic E-state index is -1.06. The number of benzene rings is 3. The first-order valence-corrected chi connectivity index (χ1v) is 11.6. The van der Waals surface area contributed by atoms with E-state index in [1.54, 1.807) is 24.3 Å². The lowest BCUT2D eigenvalue weighted by molar-refractivity contribution is -0.137. The number of amides is 2. The third-order valence-electron chi connectivity index (χ3n) is 5.92. The molecule has 0 atom stereocenters. The van der Waals surface area contributed by atoms with Crippen molar-refractivity contribution in [2.75, 3.05) is 25.0 Å². The summed E-state index contributed by atoms with van der Waals surface area (Å²) in [6.45, 7) is 4.02. The van der Waals surface area contributed by atoms with E-state index in [0.29, 0.717) is 17.8 Å². The van der Waals surface area contributed by atoms with E-state index < -0.39 is 12.1 Å². The number of anilines is 1. The van der Waals surface area contributed by atoms with Crippen molar-refractivity contribution in [3.63, 3.8) is 0 Å². The van der Waals surface area contributed by atoms with E-state index in [1.807, 2.05) is 38.1 Å². The lowest BCUT2D eigenvalue weighted by atomic mass is 9.98. The van der Waals surface area contributed by atoms with Crippen molar-refractivity contribution in [3.8, 4) is 11.1 Å². The van der Waals surface area contributed by atoms with Crippen LogP contribution in [0.2, 0.25) is 0 Å². The highest BCUT2D eigenvalue weighted by Crippen LogP contribution is 2.44. The molecule has 0 unspecified atom stereocenters. The number of ether oxygens (including phenoxy) is 1. The number of carbonyl (C=O) groups is 3. The van der Waals surface area contributed by atoms with E-state index in [9.17, 15) is 14.4 Å². The number of nitrogens with one attached hydrogen (secondary N) is 1. The van der Waals surface area contributed by atoms with Crippen molar-refractivity contribution < 1.29 is 24.2 Å². The molecule has 0 aromatic heterocycles. The number of rotatable bonds is 8. The van der Waals surface area contributed by atoms with E-state index in [0.717, 1.165) is 22.3 Å². The van der Waals surface area contributed by atoms with Gasteiger partial charge in [0.25, 0.3) is 5.91 Å². The van der Waals surface area contributed by atoms with Crippen LogP contribution in [0.25, 0.3) is 11.1 Å². The molecule has 2 amide bonds. The molecule has 7 heteroatoms. The van der Waals surface area contributed by atoms with Gasteiger partial charge in [-0.25, -0.2) is 4.79 Å². The fourth-order valence-corrected chi connectivity index (χ4v) is 4.45. The van der Waals surface area contributed by atoms with Gasteiger partial charge in [0.2, 0.25) is 0 Å². The Morgan fingerprint density at radius 1 is 0.914 bits per heavy atom. The molecule has 0 saturated heterocycles. The zero-order valence-electron chi connectivity index (χ0n) is 19.7. The molecular weight excluding hydrogens is 444 g/mol. The number of hydrogen-bond acceptors (Lipinski definition) is 4. The Bertz CT molecular complexity index is 1190. The summed E-state index contributed by atoms with van der Waals surface area (Å²) in [7, 11) is 0. The third-order valence-corrected chi connectivity index (χ3v) is 5.92. The van der Waals surface area contributed by atoms with Gasteiger partial charge in [0.05, 0.1) is 0 Å². The molecule has 1 aliphatic carbocycles. The van der Waals surface area contributed by atoms with Gasteiger partial charge in [-0.15, -0.1) is 0 Å². The molecule has 3 aromatic carbocycles. The summed E-state index contributed by atoms with van der Waals surface area (Å²) in [4.78, 5) is 37.7. The summed E-state index contributed by atoms with van der Waals surface area (Å²) in [6.07, 6.45) is -0.585. The number of carbonyl (C=O) groups excluding carboxylic acids is 2. The second kappa shape index (κ2) is 10.4. The largest absolute Gasteiger partial charge is 0.480 e. The number of aliphatic carboxylic acids is 1. The molecule has 4 rings (SSSR count). The Labute approximate surface area is 204 Å². The van der Waals surface area contributed by atoms with Crippen LogP contribution in [0.3, 0.4) is 0 Å². The molecule has 3 aromatic rings. The van der Waals surface area contributed by atoms with Crippen molar-refractivity contribution in [3.05, 3.63) is 89.5 Å². The summed E-state index contributed by atoms with van der Waals surface area (Å²) < 4.78 is 5.56. The quantitative estimate of drug-likeness (QED) is 0.468. The standard InChI is InChI=1S/C28H28N2O5/c1-18(2)15-30(16-26(31)32)27(33)19-11-13-20(14-12-19)29-28(34)35-17-25-23-9-5-3-7-21(23)22-8-4-6-10-24(22)25/h3-14,18,25H,15-17H2,1-2H3,(H,29,34)(H,31,32). The second-order valence-electron chi connectivity index (χ2n) is 9.00. The van der Waals surface area contributed by atoms with Gasteiger partial charge in [0, 0.05) is 23.7 Å². The molecule has 180 valence electrons. The van der Waals surface area contributed by atoms with Gasteiger partial charge in [-0.05, 0) is 52.4 Å². The Kier molecular flexibility index (Phi) is 7.15. The normalized spacial score (nSPS) is 12.1. The van der Waals surface area contributed by atoms with Gasteiger partial charge in [0.1, 0.15) is 13.2 Å². The molecule has 7 nitrogen and oxygen atoms in total. The lowest BCUT2D eigenvalue weighted by Crippen LogP contribution is -2.38. The maximum absolute atomic E-state index is 12.8. The van der Waals surface area contributed by atoms with Crippen LogP contribution in [0, 0.1) is 5.92 Å². The number of hydrogen-bond donors (Lipinski definition) is 2. The first-order chi connectivity index (χ1) is 16.8. The van der Waals surface area contributed by atoms with Crippen molar-refractivity contribution in [2.45, 2.75) is 19.8 Å². The molecule has 0 spiro atoms. The van der Waals surface area contributed by atoms with Crippen molar-refractivity contribution >= 4 is 23.7 Å². The Hall–Kier alpha value is -4.13. The Morgan fingerprint density at radius 3 is 2.03 bits per heavy atom. The van der Waals surface area contributed by atoms with Gasteiger partial charge in [0.15, 0.2) is 0 Å². The average Bonchev–Trinajstić information content (AvgIpc) is 3.15. The van der Waals surface area contributed by atoms with E-state index in [2.05, 4.69) is 29.6 Å². The van der Waals surface area contributed by atoms with Crippen LogP contribution in [0.1, 0.15) is 41.3 Å². The zero-order chi connectivity index (χ0) is 24.9. The van der Waals surface area contributed by atoms with Crippen molar-refractivity contribution in [1.82, 2.24) is 4.90 Å². The molecule has 0 fully saturated rings. The summed E-state index contributed by atoms with van der Waals surface area (Å²) >= 11 is 0. The van der Waals surface area contributed by atoms with Crippen molar-refractivity contribution in [2.24, 2.45) is 5.92 Å². The first kappa shape index (κ1) is 24.0. The molecule has 1 aliphatic rings. The van der Waals surface area contributed by atoms with Gasteiger partial charge >= 0.3 is 12.1 Å². The van der Waals surface area contributed by atoms with Gasteiger partial charge in [-0.1, -0.05) is 62.4 Å². The number of carboxylic acid groups (broad SMARTS) is 1. The van der Waals surface area contributed by atoms with E-state index in [4.69, 9.17) is 9.84 Å². The molecular formula is C28H28N2O5. The molecule has 0 bridgehead atoms. The Morgan fingerprint density at radius 2 is 1.49 bits per heavy atom. The summed E-state index contributed by atoms with van der Waals surface area (Å²) in [5, 5.41) is 11.8. The SMILES string of the molecule is CC(C)CN(CC(=O)O)C(=O)c1ccc(NC(=O)OCC2c3ccccc3-c3ccccc32)cc1. The minimum Gasteiger partial charge on any atom is -0.480 e. The minimum absolute atomic E-state index is 0.0330. The Balaban J connectivity index is 1.38. The van der Waals surface area contributed by atoms with Crippen LogP contribution in [0.5, 0.6) is 0 Å². The predicted octanol–water partition coefficient (Wildman–Crippen LogP) is 5.23. The molecule has 2 N–H and O–H groups in total. The second-order valence-corrected chi connectivity index (χ2v) is 9.00. The topological polar surface area (TPSA) is 95.9 Å². The predicted molar refractivity (Wildman–Crippen MR) is 134 cm³/mol. The fraction of sp³-hybridized carbons (Fsp3) is 0.250. The lowest BCUT2D eigenvalue weighted by Gasteiger charge is -2.22. The van der Waals surface area contributed by atoms with E-state index in [-0.39, 0.29) is 30.9 Å². The van der Waals surface area contributed by atoms with Gasteiger partial charge in [-0.2, -0.15) is 0 Å². The maximum Gasteiger partial charge on any atom is 0.411 e. The number of nitrogens with zero attached hydrogens (tertiary/aromatic N) is 1. The average molecular weight is 473 g/mol. The summed E-state index contributed by atoms with van der Waals surface area (Å²) in [5.74, 6) is -1.33. The highest BCUT2D eigenvalue weighted by Gasteiger charge is 2.29. The third kappa shape index (κ3) is 5.51. The van der Waals surface area contributed by atoms with Crippen molar-refractivity contribution in [1.29, 1.82) is 0 Å². The van der Waals surface area contributed by atoms with Crippen LogP contribution >= 0.6 is 0 Å². The van der Waals surface area contributed by atoms with Gasteiger partial charge in [-0.3, -0.25) is 14.9 Å². The molecule has 0 saturated carbocycles. The summed E-state index contributed by atoms with van der Waals surface area (Å²) in [6, 6.07) is 22.6.